The summed E-state index contributed by atoms with van der Waals surface area (Å²) in [6, 6.07) is 10.1. The van der Waals surface area contributed by atoms with Gasteiger partial charge in [-0.25, -0.2) is 0 Å². The van der Waals surface area contributed by atoms with E-state index in [1.807, 2.05) is 37.4 Å². The van der Waals surface area contributed by atoms with Crippen LogP contribution in [0.15, 0.2) is 30.3 Å². The van der Waals surface area contributed by atoms with Crippen molar-refractivity contribution in [1.82, 2.24) is 4.57 Å². The molecule has 2 aliphatic heterocycles. The number of para-hydroxylation sites is 1. The number of aryl methyl sites for hydroxylation is 1. The molecule has 2 aromatic rings. The van der Waals surface area contributed by atoms with Crippen LogP contribution in [0.2, 0.25) is 0 Å². The van der Waals surface area contributed by atoms with E-state index in [0.717, 1.165) is 48.4 Å². The third-order valence-electron chi connectivity index (χ3n) is 5.41. The minimum atomic E-state index is 0.0603. The van der Waals surface area contributed by atoms with Crippen molar-refractivity contribution in [2.24, 2.45) is 0 Å². The predicted octanol–water partition coefficient (Wildman–Crippen LogP) is 3.80. The van der Waals surface area contributed by atoms with E-state index in [2.05, 4.69) is 24.5 Å². The van der Waals surface area contributed by atoms with E-state index < -0.39 is 0 Å². The zero-order valence-electron chi connectivity index (χ0n) is 15.1. The number of hydrogen-bond donors (Lipinski definition) is 0. The molecular weight excluding hydrogens is 312 g/mol. The highest BCUT2D eigenvalue weighted by molar-refractivity contribution is 6.35. The zero-order chi connectivity index (χ0) is 17.6. The molecule has 1 fully saturated rings. The van der Waals surface area contributed by atoms with Crippen molar-refractivity contribution in [2.45, 2.75) is 39.3 Å². The van der Waals surface area contributed by atoms with Crippen molar-refractivity contribution in [3.8, 4) is 0 Å². The molecule has 0 aliphatic carbocycles. The second-order valence-electron chi connectivity index (χ2n) is 7.01. The molecule has 0 spiro atoms. The molecule has 0 unspecified atom stereocenters. The van der Waals surface area contributed by atoms with Gasteiger partial charge in [0, 0.05) is 42.7 Å². The first kappa shape index (κ1) is 16.2. The summed E-state index contributed by atoms with van der Waals surface area (Å²) < 4.78 is 8.11. The average molecular weight is 336 g/mol. The quantitative estimate of drug-likeness (QED) is 0.799. The van der Waals surface area contributed by atoms with Crippen molar-refractivity contribution >= 4 is 23.2 Å². The molecule has 1 aromatic heterocycles. The first-order valence-corrected chi connectivity index (χ1v) is 8.93. The Labute approximate surface area is 148 Å². The van der Waals surface area contributed by atoms with E-state index in [0.29, 0.717) is 6.10 Å². The summed E-state index contributed by atoms with van der Waals surface area (Å²) in [5.74, 6) is 0.0603. The molecule has 1 amide bonds. The van der Waals surface area contributed by atoms with Crippen molar-refractivity contribution in [1.29, 1.82) is 0 Å². The highest BCUT2D eigenvalue weighted by Crippen LogP contribution is 2.37. The Morgan fingerprint density at radius 3 is 2.84 bits per heavy atom. The van der Waals surface area contributed by atoms with Crippen molar-refractivity contribution in [3.63, 3.8) is 0 Å². The summed E-state index contributed by atoms with van der Waals surface area (Å²) in [6.07, 6.45) is 4.63. The highest BCUT2D eigenvalue weighted by atomic mass is 16.5. The van der Waals surface area contributed by atoms with Crippen LogP contribution in [0.3, 0.4) is 0 Å². The van der Waals surface area contributed by atoms with Crippen LogP contribution < -0.4 is 4.90 Å². The zero-order valence-corrected chi connectivity index (χ0v) is 15.1. The van der Waals surface area contributed by atoms with Crippen LogP contribution in [-0.4, -0.2) is 30.2 Å². The van der Waals surface area contributed by atoms with Gasteiger partial charge in [-0.1, -0.05) is 18.2 Å². The van der Waals surface area contributed by atoms with Crippen LogP contribution in [0.25, 0.3) is 11.6 Å². The van der Waals surface area contributed by atoms with Crippen LogP contribution in [0.1, 0.15) is 35.4 Å². The fourth-order valence-corrected chi connectivity index (χ4v) is 3.94. The fraction of sp³-hybridized carbons (Fsp3) is 0.381. The molecule has 0 bridgehead atoms. The number of fused-ring (bicyclic) bond motifs is 1. The summed E-state index contributed by atoms with van der Waals surface area (Å²) in [4.78, 5) is 14.4. The summed E-state index contributed by atoms with van der Waals surface area (Å²) in [6.45, 7) is 6.02. The number of hydrogen-bond acceptors (Lipinski definition) is 2. The van der Waals surface area contributed by atoms with E-state index in [9.17, 15) is 4.79 Å². The van der Waals surface area contributed by atoms with Crippen molar-refractivity contribution in [3.05, 3.63) is 52.8 Å². The molecule has 3 heterocycles. The number of aromatic nitrogens is 1. The van der Waals surface area contributed by atoms with Gasteiger partial charge in [-0.05, 0) is 50.5 Å². The topological polar surface area (TPSA) is 34.5 Å². The lowest BCUT2D eigenvalue weighted by atomic mass is 10.0. The number of benzene rings is 1. The third-order valence-corrected chi connectivity index (χ3v) is 5.41. The van der Waals surface area contributed by atoms with Gasteiger partial charge in [0.1, 0.15) is 0 Å². The molecule has 0 radical (unpaired) electrons. The molecule has 1 atom stereocenters. The van der Waals surface area contributed by atoms with Crippen molar-refractivity contribution < 1.29 is 9.53 Å². The maximum absolute atomic E-state index is 12.7. The third kappa shape index (κ3) is 2.71. The van der Waals surface area contributed by atoms with Gasteiger partial charge in [-0.3, -0.25) is 4.79 Å². The molecule has 4 nitrogen and oxygen atoms in total. The normalized spacial score (nSPS) is 21.4. The highest BCUT2D eigenvalue weighted by Gasteiger charge is 2.29. The number of amides is 1. The minimum absolute atomic E-state index is 0.0603. The molecule has 4 rings (SSSR count). The Morgan fingerprint density at radius 1 is 1.28 bits per heavy atom. The first-order valence-electron chi connectivity index (χ1n) is 8.93. The number of likely N-dealkylation sites (N-methyl/N-ethyl adjacent to an activating group) is 1. The van der Waals surface area contributed by atoms with Gasteiger partial charge in [0.25, 0.3) is 5.91 Å². The van der Waals surface area contributed by atoms with E-state index in [1.165, 1.54) is 11.4 Å². The first-order chi connectivity index (χ1) is 12.1. The Hall–Kier alpha value is -2.33. The van der Waals surface area contributed by atoms with Gasteiger partial charge in [0.15, 0.2) is 0 Å². The molecule has 0 N–H and O–H groups in total. The largest absolute Gasteiger partial charge is 0.376 e. The molecule has 4 heteroatoms. The maximum Gasteiger partial charge on any atom is 0.258 e. The number of ether oxygens (including phenoxy) is 1. The van der Waals surface area contributed by atoms with Crippen LogP contribution in [0, 0.1) is 13.8 Å². The minimum Gasteiger partial charge on any atom is -0.376 e. The lowest BCUT2D eigenvalue weighted by Crippen LogP contribution is -2.20. The number of nitrogens with zero attached hydrogens (tertiary/aromatic N) is 2. The van der Waals surface area contributed by atoms with Gasteiger partial charge < -0.3 is 14.2 Å². The van der Waals surface area contributed by atoms with Crippen LogP contribution in [0.4, 0.5) is 5.69 Å². The van der Waals surface area contributed by atoms with Crippen molar-refractivity contribution in [2.75, 3.05) is 18.6 Å². The Bertz CT molecular complexity index is 857. The number of anilines is 1. The number of carbonyl (C=O) groups excluding carboxylic acids is 1. The smallest absolute Gasteiger partial charge is 0.258 e. The molecule has 130 valence electrons. The van der Waals surface area contributed by atoms with Gasteiger partial charge in [0.2, 0.25) is 0 Å². The lowest BCUT2D eigenvalue weighted by molar-refractivity contribution is -0.112. The van der Waals surface area contributed by atoms with E-state index in [-0.39, 0.29) is 5.91 Å². The molecule has 1 saturated heterocycles. The van der Waals surface area contributed by atoms with Gasteiger partial charge >= 0.3 is 0 Å². The van der Waals surface area contributed by atoms with Crippen LogP contribution >= 0.6 is 0 Å². The summed E-state index contributed by atoms with van der Waals surface area (Å²) in [7, 11) is 1.84. The van der Waals surface area contributed by atoms with Crippen LogP contribution in [0.5, 0.6) is 0 Å². The number of carbonyl (C=O) groups is 1. The Morgan fingerprint density at radius 2 is 2.08 bits per heavy atom. The average Bonchev–Trinajstić information content (AvgIpc) is 3.28. The second kappa shape index (κ2) is 6.19. The predicted molar refractivity (Wildman–Crippen MR) is 101 cm³/mol. The summed E-state index contributed by atoms with van der Waals surface area (Å²) in [5, 5.41) is 0. The lowest BCUT2D eigenvalue weighted by Gasteiger charge is -2.14. The SMILES string of the molecule is Cc1cc(/C=C2/C(=O)N(C)c3ccccc32)c(C)n1C[C@@H]1CCCO1. The summed E-state index contributed by atoms with van der Waals surface area (Å²) in [5.41, 5.74) is 6.29. The molecular formula is C21H24N2O2. The van der Waals surface area contributed by atoms with E-state index >= 15 is 0 Å². The monoisotopic (exact) mass is 336 g/mol. The molecule has 2 aliphatic rings. The maximum atomic E-state index is 12.7. The number of rotatable bonds is 3. The molecule has 0 saturated carbocycles. The molecule has 1 aromatic carbocycles. The van der Waals surface area contributed by atoms with E-state index in [1.54, 1.807) is 4.90 Å². The van der Waals surface area contributed by atoms with Gasteiger partial charge in [0.05, 0.1) is 11.8 Å². The fourth-order valence-electron chi connectivity index (χ4n) is 3.94. The standard InChI is InChI=1S/C21H24N2O2/c1-14-11-16(15(2)23(14)13-17-7-6-10-25-17)12-19-18-8-4-5-9-20(18)22(3)21(19)24/h4-5,8-9,11-12,17H,6-7,10,13H2,1-3H3/b19-12+/t17-/m0/s1. The Kier molecular flexibility index (Phi) is 4.00. The Balaban J connectivity index is 1.71. The van der Waals surface area contributed by atoms with Gasteiger partial charge in [-0.2, -0.15) is 0 Å². The second-order valence-corrected chi connectivity index (χ2v) is 7.01. The molecule has 25 heavy (non-hydrogen) atoms. The van der Waals surface area contributed by atoms with Gasteiger partial charge in [-0.15, -0.1) is 0 Å². The van der Waals surface area contributed by atoms with E-state index in [4.69, 9.17) is 4.74 Å². The summed E-state index contributed by atoms with van der Waals surface area (Å²) >= 11 is 0. The van der Waals surface area contributed by atoms with Crippen LogP contribution in [-0.2, 0) is 16.1 Å².